The van der Waals surface area contributed by atoms with Crippen molar-refractivity contribution in [2.24, 2.45) is 17.3 Å². The fourth-order valence-corrected chi connectivity index (χ4v) is 3.77. The topological polar surface area (TPSA) is 0 Å². The van der Waals surface area contributed by atoms with E-state index >= 15 is 0 Å². The molecule has 3 aliphatic carbocycles. The van der Waals surface area contributed by atoms with Gasteiger partial charge in [0.25, 0.3) is 0 Å². The van der Waals surface area contributed by atoms with Gasteiger partial charge < -0.3 is 0 Å². The van der Waals surface area contributed by atoms with Gasteiger partial charge in [0.1, 0.15) is 0 Å². The second-order valence-corrected chi connectivity index (χ2v) is 6.22. The van der Waals surface area contributed by atoms with Gasteiger partial charge in [-0.15, -0.1) is 0 Å². The summed E-state index contributed by atoms with van der Waals surface area (Å²) >= 11 is 4.76. The van der Waals surface area contributed by atoms with E-state index in [9.17, 15) is 0 Å². The summed E-state index contributed by atoms with van der Waals surface area (Å²) in [6, 6.07) is 0. The summed E-state index contributed by atoms with van der Waals surface area (Å²) in [7, 11) is 0. The normalized spacial score (nSPS) is 53.5. The molecule has 64 valence electrons. The fraction of sp³-hybridized carbons (Fsp3) is 1.00. The summed E-state index contributed by atoms with van der Waals surface area (Å²) in [5, 5.41) is 0. The van der Waals surface area contributed by atoms with Crippen molar-refractivity contribution in [2.45, 2.75) is 44.8 Å². The molecule has 0 saturated heterocycles. The van der Waals surface area contributed by atoms with Crippen molar-refractivity contribution in [3.8, 4) is 0 Å². The maximum absolute atomic E-state index is 4.76. The molecule has 3 rings (SSSR count). The summed E-state index contributed by atoms with van der Waals surface area (Å²) in [5.41, 5.74) is 0.592. The lowest BCUT2D eigenvalue weighted by molar-refractivity contribution is -0.0845. The van der Waals surface area contributed by atoms with Crippen molar-refractivity contribution in [1.29, 1.82) is 0 Å². The lowest BCUT2D eigenvalue weighted by Crippen LogP contribution is -2.57. The quantitative estimate of drug-likeness (QED) is 0.531. The van der Waals surface area contributed by atoms with Crippen molar-refractivity contribution in [3.05, 3.63) is 0 Å². The molecule has 0 nitrogen and oxygen atoms in total. The Hall–Kier alpha value is 0.350. The van der Waals surface area contributed by atoms with Crippen LogP contribution in [0.25, 0.3) is 0 Å². The molecule has 0 aromatic heterocycles. The molecule has 11 heavy (non-hydrogen) atoms. The predicted octanol–water partition coefficient (Wildman–Crippen LogP) is 3.13. The fourth-order valence-electron chi connectivity index (χ4n) is 3.20. The Morgan fingerprint density at radius 2 is 1.91 bits per heavy atom. The Bertz CT molecular complexity index is 171. The molecule has 0 amide bonds. The summed E-state index contributed by atoms with van der Waals surface area (Å²) in [5.74, 6) is 1.88. The third-order valence-electron chi connectivity index (χ3n) is 4.22. The van der Waals surface area contributed by atoms with Crippen LogP contribution in [-0.4, -0.2) is 4.75 Å². The van der Waals surface area contributed by atoms with Crippen LogP contribution in [0.15, 0.2) is 0 Å². The van der Waals surface area contributed by atoms with Crippen LogP contribution in [-0.2, 0) is 0 Å². The Kier molecular flexibility index (Phi) is 1.44. The third kappa shape index (κ3) is 0.898. The van der Waals surface area contributed by atoms with Crippen LogP contribution in [0.1, 0.15) is 40.0 Å². The van der Waals surface area contributed by atoms with Crippen LogP contribution in [0.2, 0.25) is 0 Å². The van der Waals surface area contributed by atoms with E-state index in [1.807, 2.05) is 0 Å². The Balaban J connectivity index is 2.23. The van der Waals surface area contributed by atoms with E-state index in [1.54, 1.807) is 0 Å². The third-order valence-corrected chi connectivity index (χ3v) is 4.76. The Labute approximate surface area is 75.2 Å². The standard InChI is InChI=1S/C10H18S/c1-9(2)7-4-5-10(3,11)8(9)6-7/h7-8,11H,4-6H2,1-3H3/t7-,8+,10+/m1/s1. The maximum Gasteiger partial charge on any atom is 0.0135 e. The highest BCUT2D eigenvalue weighted by atomic mass is 32.1. The minimum absolute atomic E-state index is 0.332. The second kappa shape index (κ2) is 1.99. The summed E-state index contributed by atoms with van der Waals surface area (Å²) in [6.45, 7) is 7.15. The summed E-state index contributed by atoms with van der Waals surface area (Å²) in [6.07, 6.45) is 4.17. The monoisotopic (exact) mass is 170 g/mol. The van der Waals surface area contributed by atoms with Crippen molar-refractivity contribution >= 4 is 12.6 Å². The summed E-state index contributed by atoms with van der Waals surface area (Å²) < 4.78 is 0.332. The van der Waals surface area contributed by atoms with E-state index in [1.165, 1.54) is 19.3 Å². The van der Waals surface area contributed by atoms with E-state index in [4.69, 9.17) is 12.6 Å². The molecule has 3 fully saturated rings. The first-order valence-corrected chi connectivity index (χ1v) is 5.12. The molecule has 0 aromatic carbocycles. The van der Waals surface area contributed by atoms with E-state index < -0.39 is 0 Å². The lowest BCUT2D eigenvalue weighted by Gasteiger charge is -2.63. The van der Waals surface area contributed by atoms with Crippen molar-refractivity contribution in [2.75, 3.05) is 0 Å². The van der Waals surface area contributed by atoms with Crippen molar-refractivity contribution in [3.63, 3.8) is 0 Å². The molecular formula is C10H18S. The number of rotatable bonds is 0. The van der Waals surface area contributed by atoms with Crippen LogP contribution in [0.4, 0.5) is 0 Å². The first-order valence-electron chi connectivity index (χ1n) is 4.67. The number of hydrogen-bond donors (Lipinski definition) is 1. The molecule has 0 N–H and O–H groups in total. The van der Waals surface area contributed by atoms with Gasteiger partial charge in [-0.3, -0.25) is 0 Å². The molecule has 0 spiro atoms. The van der Waals surface area contributed by atoms with Crippen LogP contribution >= 0.6 is 12.6 Å². The molecule has 2 bridgehead atoms. The van der Waals surface area contributed by atoms with Crippen LogP contribution < -0.4 is 0 Å². The van der Waals surface area contributed by atoms with Crippen LogP contribution in [0, 0.1) is 17.3 Å². The highest BCUT2D eigenvalue weighted by Crippen LogP contribution is 2.64. The van der Waals surface area contributed by atoms with E-state index in [-0.39, 0.29) is 0 Å². The van der Waals surface area contributed by atoms with Gasteiger partial charge in [0.2, 0.25) is 0 Å². The van der Waals surface area contributed by atoms with Crippen molar-refractivity contribution < 1.29 is 0 Å². The molecular weight excluding hydrogens is 152 g/mol. The molecule has 3 atom stereocenters. The van der Waals surface area contributed by atoms with Gasteiger partial charge in [-0.2, -0.15) is 12.6 Å². The SMILES string of the molecule is CC1(C)[C@@H]2CC[C@](C)(S)[C@H]1C2. The van der Waals surface area contributed by atoms with E-state index in [2.05, 4.69) is 20.8 Å². The largest absolute Gasteiger partial charge is 0.172 e. The number of fused-ring (bicyclic) bond motifs is 2. The molecule has 0 unspecified atom stereocenters. The van der Waals surface area contributed by atoms with Crippen LogP contribution in [0.3, 0.4) is 0 Å². The average molecular weight is 170 g/mol. The summed E-state index contributed by atoms with van der Waals surface area (Å²) in [4.78, 5) is 0. The Morgan fingerprint density at radius 1 is 1.27 bits per heavy atom. The van der Waals surface area contributed by atoms with Gasteiger partial charge in [-0.05, 0) is 36.5 Å². The zero-order valence-corrected chi connectivity index (χ0v) is 8.62. The molecule has 3 saturated carbocycles. The first kappa shape index (κ1) is 7.97. The minimum Gasteiger partial charge on any atom is -0.172 e. The van der Waals surface area contributed by atoms with Gasteiger partial charge in [0, 0.05) is 4.75 Å². The van der Waals surface area contributed by atoms with Gasteiger partial charge in [-0.1, -0.05) is 20.8 Å². The molecule has 3 aliphatic rings. The second-order valence-electron chi connectivity index (χ2n) is 5.20. The molecule has 1 heteroatoms. The molecule has 0 radical (unpaired) electrons. The molecule has 0 aromatic rings. The smallest absolute Gasteiger partial charge is 0.0135 e. The van der Waals surface area contributed by atoms with E-state index in [0.717, 1.165) is 11.8 Å². The first-order chi connectivity index (χ1) is 4.94. The molecule has 0 aliphatic heterocycles. The van der Waals surface area contributed by atoms with Gasteiger partial charge >= 0.3 is 0 Å². The van der Waals surface area contributed by atoms with Gasteiger partial charge in [0.15, 0.2) is 0 Å². The maximum atomic E-state index is 4.76. The van der Waals surface area contributed by atoms with Crippen LogP contribution in [0.5, 0.6) is 0 Å². The van der Waals surface area contributed by atoms with E-state index in [0.29, 0.717) is 10.2 Å². The zero-order valence-electron chi connectivity index (χ0n) is 7.72. The highest BCUT2D eigenvalue weighted by Gasteiger charge is 2.57. The Morgan fingerprint density at radius 3 is 2.18 bits per heavy atom. The molecule has 0 heterocycles. The predicted molar refractivity (Wildman–Crippen MR) is 52.0 cm³/mol. The lowest BCUT2D eigenvalue weighted by atomic mass is 9.45. The number of thiol groups is 1. The number of hydrogen-bond acceptors (Lipinski definition) is 1. The van der Waals surface area contributed by atoms with Crippen molar-refractivity contribution in [1.82, 2.24) is 0 Å². The minimum atomic E-state index is 0.332. The van der Waals surface area contributed by atoms with Gasteiger partial charge in [-0.25, -0.2) is 0 Å². The highest BCUT2D eigenvalue weighted by molar-refractivity contribution is 7.81. The van der Waals surface area contributed by atoms with Gasteiger partial charge in [0.05, 0.1) is 0 Å². The average Bonchev–Trinajstić information content (AvgIpc) is 1.84. The zero-order chi connectivity index (χ0) is 8.28.